The lowest BCUT2D eigenvalue weighted by molar-refractivity contribution is 0.0575. The highest BCUT2D eigenvalue weighted by Crippen LogP contribution is 2.25. The number of amides is 1. The number of hydrogen-bond acceptors (Lipinski definition) is 5. The molecule has 2 heterocycles. The predicted molar refractivity (Wildman–Crippen MR) is 90.9 cm³/mol. The van der Waals surface area contributed by atoms with Gasteiger partial charge >= 0.3 is 0 Å². The molecule has 6 nitrogen and oxygen atoms in total. The predicted octanol–water partition coefficient (Wildman–Crippen LogP) is 2.00. The number of methoxy groups -OCH3 is 1. The molecule has 0 bridgehead atoms. The smallest absolute Gasteiger partial charge is 0.274 e. The van der Waals surface area contributed by atoms with E-state index in [1.165, 1.54) is 5.56 Å². The maximum atomic E-state index is 12.4. The summed E-state index contributed by atoms with van der Waals surface area (Å²) < 4.78 is 5.31. The van der Waals surface area contributed by atoms with E-state index in [-0.39, 0.29) is 11.9 Å². The molecule has 1 amide bonds. The fourth-order valence-electron chi connectivity index (χ4n) is 3.00. The van der Waals surface area contributed by atoms with E-state index in [1.54, 1.807) is 25.4 Å². The first kappa shape index (κ1) is 16.4. The summed E-state index contributed by atoms with van der Waals surface area (Å²) in [6.07, 6.45) is 1.57. The maximum absolute atomic E-state index is 12.4. The lowest BCUT2D eigenvalue weighted by Gasteiger charge is -2.38. The fraction of sp³-hybridized carbons (Fsp3) is 0.389. The quantitative estimate of drug-likeness (QED) is 0.860. The number of piperazine rings is 1. The highest BCUT2D eigenvalue weighted by atomic mass is 16.5. The van der Waals surface area contributed by atoms with E-state index in [2.05, 4.69) is 34.2 Å². The number of carbonyl (C=O) groups excluding carboxylic acids is 1. The molecule has 2 aromatic rings. The summed E-state index contributed by atoms with van der Waals surface area (Å²) in [4.78, 5) is 16.6. The van der Waals surface area contributed by atoms with Crippen molar-refractivity contribution in [1.29, 1.82) is 0 Å². The molecule has 126 valence electrons. The topological polar surface area (TPSA) is 58.6 Å². The first-order chi connectivity index (χ1) is 11.7. The second-order valence-corrected chi connectivity index (χ2v) is 5.89. The van der Waals surface area contributed by atoms with Gasteiger partial charge in [0.2, 0.25) is 0 Å². The molecule has 0 N–H and O–H groups in total. The Hall–Kier alpha value is -2.47. The van der Waals surface area contributed by atoms with Gasteiger partial charge in [0, 0.05) is 38.4 Å². The minimum atomic E-state index is -0.0446. The third-order valence-corrected chi connectivity index (χ3v) is 4.52. The third kappa shape index (κ3) is 3.54. The van der Waals surface area contributed by atoms with E-state index in [9.17, 15) is 4.79 Å². The Morgan fingerprint density at radius 1 is 1.17 bits per heavy atom. The van der Waals surface area contributed by atoms with Crippen molar-refractivity contribution in [2.45, 2.75) is 13.0 Å². The van der Waals surface area contributed by atoms with Crippen molar-refractivity contribution in [3.63, 3.8) is 0 Å². The molecule has 1 saturated heterocycles. The normalized spacial score (nSPS) is 16.7. The zero-order valence-electron chi connectivity index (χ0n) is 14.1. The minimum Gasteiger partial charge on any atom is -0.497 e. The third-order valence-electron chi connectivity index (χ3n) is 4.52. The second kappa shape index (κ2) is 7.40. The number of aromatic nitrogens is 2. The Balaban J connectivity index is 1.61. The van der Waals surface area contributed by atoms with E-state index < -0.39 is 0 Å². The van der Waals surface area contributed by atoms with Crippen LogP contribution in [-0.4, -0.2) is 59.2 Å². The molecule has 1 aliphatic heterocycles. The highest BCUT2D eigenvalue weighted by molar-refractivity contribution is 5.92. The van der Waals surface area contributed by atoms with Crippen LogP contribution in [0, 0.1) is 0 Å². The molecule has 1 fully saturated rings. The molecular formula is C18H22N4O2. The molecule has 3 rings (SSSR count). The first-order valence-electron chi connectivity index (χ1n) is 8.14. The zero-order chi connectivity index (χ0) is 16.9. The molecule has 1 aromatic carbocycles. The largest absolute Gasteiger partial charge is 0.497 e. The average Bonchev–Trinajstić information content (AvgIpc) is 2.67. The molecule has 24 heavy (non-hydrogen) atoms. The van der Waals surface area contributed by atoms with E-state index >= 15 is 0 Å². The number of ether oxygens (including phenoxy) is 1. The van der Waals surface area contributed by atoms with E-state index in [0.717, 1.165) is 18.8 Å². The van der Waals surface area contributed by atoms with Gasteiger partial charge in [-0.1, -0.05) is 12.1 Å². The average molecular weight is 326 g/mol. The van der Waals surface area contributed by atoms with Crippen LogP contribution in [0.15, 0.2) is 42.6 Å². The van der Waals surface area contributed by atoms with Gasteiger partial charge in [0.1, 0.15) is 5.75 Å². The van der Waals surface area contributed by atoms with Crippen LogP contribution in [0.25, 0.3) is 0 Å². The van der Waals surface area contributed by atoms with Crippen LogP contribution in [0.2, 0.25) is 0 Å². The van der Waals surface area contributed by atoms with Gasteiger partial charge in [-0.05, 0) is 36.8 Å². The molecule has 1 unspecified atom stereocenters. The number of rotatable bonds is 4. The number of carbonyl (C=O) groups is 1. The van der Waals surface area contributed by atoms with Gasteiger partial charge in [0.25, 0.3) is 5.91 Å². The summed E-state index contributed by atoms with van der Waals surface area (Å²) in [7, 11) is 1.68. The standard InChI is InChI=1S/C18H22N4O2/c1-14(15-5-3-6-16(13-15)24-2)21-9-11-22(12-10-21)18(23)17-7-4-8-19-20-17/h3-8,13-14H,9-12H2,1-2H3. The summed E-state index contributed by atoms with van der Waals surface area (Å²) in [5.74, 6) is 0.826. The summed E-state index contributed by atoms with van der Waals surface area (Å²) in [6, 6.07) is 11.9. The Bertz CT molecular complexity index is 684. The molecule has 1 aliphatic rings. The molecular weight excluding hydrogens is 304 g/mol. The Labute approximate surface area is 142 Å². The Morgan fingerprint density at radius 2 is 1.96 bits per heavy atom. The molecule has 0 saturated carbocycles. The monoisotopic (exact) mass is 326 g/mol. The van der Waals surface area contributed by atoms with Gasteiger partial charge < -0.3 is 9.64 Å². The van der Waals surface area contributed by atoms with Gasteiger partial charge in [-0.2, -0.15) is 5.10 Å². The minimum absolute atomic E-state index is 0.0446. The van der Waals surface area contributed by atoms with Gasteiger partial charge in [-0.25, -0.2) is 0 Å². The lowest BCUT2D eigenvalue weighted by Crippen LogP contribution is -2.49. The van der Waals surface area contributed by atoms with Crippen LogP contribution < -0.4 is 4.74 Å². The van der Waals surface area contributed by atoms with Crippen molar-refractivity contribution in [2.24, 2.45) is 0 Å². The SMILES string of the molecule is COc1cccc(C(C)N2CCN(C(=O)c3cccnn3)CC2)c1. The van der Waals surface area contributed by atoms with Crippen LogP contribution >= 0.6 is 0 Å². The lowest BCUT2D eigenvalue weighted by atomic mass is 10.1. The van der Waals surface area contributed by atoms with Crippen molar-refractivity contribution in [2.75, 3.05) is 33.3 Å². The molecule has 0 aliphatic carbocycles. The first-order valence-corrected chi connectivity index (χ1v) is 8.14. The number of benzene rings is 1. The van der Waals surface area contributed by atoms with E-state index in [4.69, 9.17) is 4.74 Å². The van der Waals surface area contributed by atoms with Gasteiger partial charge in [0.15, 0.2) is 5.69 Å². The highest BCUT2D eigenvalue weighted by Gasteiger charge is 2.26. The van der Waals surface area contributed by atoms with Crippen molar-refractivity contribution < 1.29 is 9.53 Å². The summed E-state index contributed by atoms with van der Waals surface area (Å²) >= 11 is 0. The fourth-order valence-corrected chi connectivity index (χ4v) is 3.00. The van der Waals surface area contributed by atoms with Crippen molar-refractivity contribution >= 4 is 5.91 Å². The Kier molecular flexibility index (Phi) is 5.05. The van der Waals surface area contributed by atoms with Crippen LogP contribution in [0.3, 0.4) is 0 Å². The number of hydrogen-bond donors (Lipinski definition) is 0. The molecule has 0 radical (unpaired) electrons. The van der Waals surface area contributed by atoms with Crippen LogP contribution in [-0.2, 0) is 0 Å². The summed E-state index contributed by atoms with van der Waals surface area (Å²) in [6.45, 7) is 5.26. The number of nitrogens with zero attached hydrogens (tertiary/aromatic N) is 4. The van der Waals surface area contributed by atoms with Gasteiger partial charge in [0.05, 0.1) is 7.11 Å². The second-order valence-electron chi connectivity index (χ2n) is 5.89. The van der Waals surface area contributed by atoms with Crippen LogP contribution in [0.1, 0.15) is 29.0 Å². The van der Waals surface area contributed by atoms with E-state index in [0.29, 0.717) is 18.8 Å². The van der Waals surface area contributed by atoms with Crippen molar-refractivity contribution in [3.8, 4) is 5.75 Å². The Morgan fingerprint density at radius 3 is 2.62 bits per heavy atom. The summed E-state index contributed by atoms with van der Waals surface area (Å²) in [5.41, 5.74) is 1.63. The van der Waals surface area contributed by atoms with Crippen molar-refractivity contribution in [1.82, 2.24) is 20.0 Å². The molecule has 1 atom stereocenters. The maximum Gasteiger partial charge on any atom is 0.274 e. The van der Waals surface area contributed by atoms with Crippen LogP contribution in [0.5, 0.6) is 5.75 Å². The van der Waals surface area contributed by atoms with E-state index in [1.807, 2.05) is 17.0 Å². The molecule has 6 heteroatoms. The molecule has 0 spiro atoms. The van der Waals surface area contributed by atoms with Crippen LogP contribution in [0.4, 0.5) is 0 Å². The summed E-state index contributed by atoms with van der Waals surface area (Å²) in [5, 5.41) is 7.69. The van der Waals surface area contributed by atoms with Crippen molar-refractivity contribution in [3.05, 3.63) is 53.9 Å². The van der Waals surface area contributed by atoms with Gasteiger partial charge in [-0.3, -0.25) is 9.69 Å². The molecule has 1 aromatic heterocycles. The van der Waals surface area contributed by atoms with Gasteiger partial charge in [-0.15, -0.1) is 5.10 Å². The zero-order valence-corrected chi connectivity index (χ0v) is 14.1.